The largest absolute Gasteiger partial charge is 0.497 e. The quantitative estimate of drug-likeness (QED) is 0.496. The zero-order valence-electron chi connectivity index (χ0n) is 19.3. The predicted octanol–water partition coefficient (Wildman–Crippen LogP) is 6.03. The third kappa shape index (κ3) is 4.91. The maximum absolute atomic E-state index is 13.3. The summed E-state index contributed by atoms with van der Waals surface area (Å²) in [5.74, 6) is 0.366. The van der Waals surface area contributed by atoms with Crippen molar-refractivity contribution in [3.05, 3.63) is 86.6 Å². The van der Waals surface area contributed by atoms with E-state index in [1.54, 1.807) is 31.4 Å². The molecule has 5 nitrogen and oxygen atoms in total. The van der Waals surface area contributed by atoms with Crippen molar-refractivity contribution in [1.29, 1.82) is 5.26 Å². The Morgan fingerprint density at radius 3 is 2.47 bits per heavy atom. The highest BCUT2D eigenvalue weighted by atomic mass is 35.5. The number of ketones is 2. The number of halogens is 1. The van der Waals surface area contributed by atoms with Crippen molar-refractivity contribution in [1.82, 2.24) is 5.32 Å². The van der Waals surface area contributed by atoms with Crippen molar-refractivity contribution in [2.45, 2.75) is 32.6 Å². The first-order valence-corrected chi connectivity index (χ1v) is 12.3. The zero-order chi connectivity index (χ0) is 24.5. The van der Waals surface area contributed by atoms with Gasteiger partial charge in [-0.1, -0.05) is 49.3 Å². The molecule has 0 bridgehead atoms. The zero-order valence-corrected chi connectivity index (χ0v) is 20.8. The standard InChI is InChI=1S/C27H25ClN2O3S/c1-27(2)12-21-25(22(31)13-27)24(17-6-10-19(33-3)11-7-17)20(14-29)26(30-21)34-15-23(32)16-4-8-18(28)9-5-16/h4-11,24,30H,12-13,15H2,1-3H3/t24-/m1/s1. The molecule has 1 N–H and O–H groups in total. The van der Waals surface area contributed by atoms with Crippen LogP contribution in [0.5, 0.6) is 5.75 Å². The van der Waals surface area contributed by atoms with E-state index in [1.165, 1.54) is 11.8 Å². The summed E-state index contributed by atoms with van der Waals surface area (Å²) in [4.78, 5) is 26.0. The van der Waals surface area contributed by atoms with Gasteiger partial charge in [0.05, 0.1) is 35.5 Å². The highest BCUT2D eigenvalue weighted by Gasteiger charge is 2.42. The van der Waals surface area contributed by atoms with E-state index in [9.17, 15) is 14.9 Å². The number of methoxy groups -OCH3 is 1. The summed E-state index contributed by atoms with van der Waals surface area (Å²) in [5, 5.41) is 14.7. The lowest BCUT2D eigenvalue weighted by molar-refractivity contribution is -0.118. The maximum Gasteiger partial charge on any atom is 0.173 e. The molecule has 4 rings (SSSR count). The minimum Gasteiger partial charge on any atom is -0.497 e. The lowest BCUT2D eigenvalue weighted by Gasteiger charge is -2.39. The molecule has 2 aromatic rings. The van der Waals surface area contributed by atoms with Gasteiger partial charge in [-0.15, -0.1) is 0 Å². The van der Waals surface area contributed by atoms with Gasteiger partial charge < -0.3 is 10.1 Å². The molecule has 7 heteroatoms. The molecule has 0 unspecified atom stereocenters. The normalized spacial score (nSPS) is 19.3. The number of carbonyl (C=O) groups excluding carboxylic acids is 2. The number of allylic oxidation sites excluding steroid dienone is 3. The molecule has 0 saturated carbocycles. The first-order chi connectivity index (χ1) is 16.2. The van der Waals surface area contributed by atoms with Crippen LogP contribution in [-0.2, 0) is 4.79 Å². The van der Waals surface area contributed by atoms with Crippen molar-refractivity contribution in [2.24, 2.45) is 5.41 Å². The molecule has 0 saturated heterocycles. The van der Waals surface area contributed by atoms with E-state index in [4.69, 9.17) is 16.3 Å². The van der Waals surface area contributed by atoms with Crippen molar-refractivity contribution < 1.29 is 14.3 Å². The maximum atomic E-state index is 13.3. The summed E-state index contributed by atoms with van der Waals surface area (Å²) in [6, 6.07) is 16.5. The summed E-state index contributed by atoms with van der Waals surface area (Å²) in [7, 11) is 1.60. The summed E-state index contributed by atoms with van der Waals surface area (Å²) in [6.07, 6.45) is 1.12. The fraction of sp³-hybridized carbons (Fsp3) is 0.296. The average Bonchev–Trinajstić information content (AvgIpc) is 2.81. The van der Waals surface area contributed by atoms with Crippen LogP contribution in [0, 0.1) is 16.7 Å². The molecule has 0 amide bonds. The number of hydrogen-bond donors (Lipinski definition) is 1. The Hall–Kier alpha value is -3.01. The number of dihydropyridines is 1. The van der Waals surface area contributed by atoms with Gasteiger partial charge in [0, 0.05) is 28.3 Å². The lowest BCUT2D eigenvalue weighted by atomic mass is 9.69. The second-order valence-corrected chi connectivity index (χ2v) is 10.7. The van der Waals surface area contributed by atoms with Gasteiger partial charge in [-0.25, -0.2) is 0 Å². The number of Topliss-reactive ketones (excluding diaryl/α,β-unsaturated/α-hetero) is 2. The van der Waals surface area contributed by atoms with Gasteiger partial charge in [-0.3, -0.25) is 9.59 Å². The Morgan fingerprint density at radius 1 is 1.18 bits per heavy atom. The predicted molar refractivity (Wildman–Crippen MR) is 135 cm³/mol. The van der Waals surface area contributed by atoms with Crippen molar-refractivity contribution in [3.63, 3.8) is 0 Å². The topological polar surface area (TPSA) is 79.2 Å². The fourth-order valence-corrected chi connectivity index (χ4v) is 5.56. The molecule has 2 aromatic carbocycles. The van der Waals surface area contributed by atoms with Crippen molar-refractivity contribution in [2.75, 3.05) is 12.9 Å². The molecular weight excluding hydrogens is 468 g/mol. The van der Waals surface area contributed by atoms with Crippen LogP contribution in [0.25, 0.3) is 0 Å². The van der Waals surface area contributed by atoms with E-state index in [0.29, 0.717) is 45.4 Å². The van der Waals surface area contributed by atoms with Crippen LogP contribution in [0.3, 0.4) is 0 Å². The van der Waals surface area contributed by atoms with Gasteiger partial charge in [0.15, 0.2) is 11.6 Å². The Morgan fingerprint density at radius 2 is 1.85 bits per heavy atom. The van der Waals surface area contributed by atoms with E-state index >= 15 is 0 Å². The number of nitrogens with one attached hydrogen (secondary N) is 1. The third-order valence-corrected chi connectivity index (χ3v) is 7.36. The summed E-state index contributed by atoms with van der Waals surface area (Å²) in [6.45, 7) is 4.14. The van der Waals surface area contributed by atoms with Crippen LogP contribution in [-0.4, -0.2) is 24.4 Å². The van der Waals surface area contributed by atoms with E-state index in [1.807, 2.05) is 24.3 Å². The Labute approximate surface area is 208 Å². The number of ether oxygens (including phenoxy) is 1. The number of nitriles is 1. The monoisotopic (exact) mass is 492 g/mol. The van der Waals surface area contributed by atoms with Crippen LogP contribution < -0.4 is 10.1 Å². The van der Waals surface area contributed by atoms with Gasteiger partial charge in [-0.05, 0) is 53.8 Å². The molecule has 1 heterocycles. The van der Waals surface area contributed by atoms with Crippen LogP contribution in [0.1, 0.15) is 48.5 Å². The van der Waals surface area contributed by atoms with Crippen molar-refractivity contribution in [3.8, 4) is 11.8 Å². The number of hydrogen-bond acceptors (Lipinski definition) is 6. The molecule has 1 atom stereocenters. The molecule has 1 aliphatic heterocycles. The first-order valence-electron chi connectivity index (χ1n) is 11.0. The van der Waals surface area contributed by atoms with Crippen LogP contribution >= 0.6 is 23.4 Å². The molecule has 0 aromatic heterocycles. The Kier molecular flexibility index (Phi) is 6.88. The molecule has 0 fully saturated rings. The molecule has 0 spiro atoms. The molecule has 1 aliphatic carbocycles. The summed E-state index contributed by atoms with van der Waals surface area (Å²) < 4.78 is 5.28. The number of benzene rings is 2. The molecule has 174 valence electrons. The second-order valence-electron chi connectivity index (χ2n) is 9.24. The molecular formula is C27H25ClN2O3S. The number of rotatable bonds is 6. The molecule has 2 aliphatic rings. The Balaban J connectivity index is 1.71. The van der Waals surface area contributed by atoms with E-state index < -0.39 is 5.92 Å². The van der Waals surface area contributed by atoms with Gasteiger partial charge in [0.25, 0.3) is 0 Å². The van der Waals surface area contributed by atoms with Crippen LogP contribution in [0.15, 0.2) is 70.4 Å². The van der Waals surface area contributed by atoms with E-state index in [-0.39, 0.29) is 22.7 Å². The highest BCUT2D eigenvalue weighted by Crippen LogP contribution is 2.48. The minimum atomic E-state index is -0.483. The van der Waals surface area contributed by atoms with E-state index in [0.717, 1.165) is 11.3 Å². The highest BCUT2D eigenvalue weighted by molar-refractivity contribution is 8.03. The Bertz CT molecular complexity index is 1240. The number of carbonyl (C=O) groups is 2. The third-order valence-electron chi connectivity index (χ3n) is 6.09. The average molecular weight is 493 g/mol. The smallest absolute Gasteiger partial charge is 0.173 e. The van der Waals surface area contributed by atoms with Gasteiger partial charge >= 0.3 is 0 Å². The van der Waals surface area contributed by atoms with Crippen molar-refractivity contribution >= 4 is 34.9 Å². The van der Waals surface area contributed by atoms with Crippen LogP contribution in [0.2, 0.25) is 5.02 Å². The first kappa shape index (κ1) is 24.1. The summed E-state index contributed by atoms with van der Waals surface area (Å²) in [5.41, 5.74) is 3.16. The van der Waals surface area contributed by atoms with Crippen LogP contribution in [0.4, 0.5) is 0 Å². The SMILES string of the molecule is COc1ccc([C@@H]2C(C#N)=C(SCC(=O)c3ccc(Cl)cc3)NC3=C2C(=O)CC(C)(C)C3)cc1. The molecule has 34 heavy (non-hydrogen) atoms. The number of nitrogens with zero attached hydrogens (tertiary/aromatic N) is 1. The minimum absolute atomic E-state index is 0.0496. The van der Waals surface area contributed by atoms with Gasteiger partial charge in [0.2, 0.25) is 0 Å². The number of thioether (sulfide) groups is 1. The van der Waals surface area contributed by atoms with Gasteiger partial charge in [0.1, 0.15) is 5.75 Å². The second kappa shape index (κ2) is 9.69. The molecule has 0 radical (unpaired) electrons. The summed E-state index contributed by atoms with van der Waals surface area (Å²) >= 11 is 7.23. The lowest BCUT2D eigenvalue weighted by Crippen LogP contribution is -2.37. The fourth-order valence-electron chi connectivity index (χ4n) is 4.48. The van der Waals surface area contributed by atoms with E-state index in [2.05, 4.69) is 25.2 Å². The van der Waals surface area contributed by atoms with Gasteiger partial charge in [-0.2, -0.15) is 5.26 Å².